The Morgan fingerprint density at radius 3 is 2.58 bits per heavy atom. The zero-order valence-electron chi connectivity index (χ0n) is 10.3. The molecule has 0 atom stereocenters. The number of halogens is 1. The van der Waals surface area contributed by atoms with Crippen LogP contribution in [0.4, 0.5) is 5.82 Å². The molecule has 5 nitrogen and oxygen atoms in total. The maximum Gasteiger partial charge on any atom is 0.274 e. The molecule has 0 saturated heterocycles. The zero-order chi connectivity index (χ0) is 13.7. The van der Waals surface area contributed by atoms with Gasteiger partial charge >= 0.3 is 0 Å². The summed E-state index contributed by atoms with van der Waals surface area (Å²) in [6.07, 6.45) is 2.92. The van der Waals surface area contributed by atoms with Crippen molar-refractivity contribution in [1.29, 1.82) is 0 Å². The van der Waals surface area contributed by atoms with Gasteiger partial charge in [0.1, 0.15) is 5.75 Å². The number of hydrogen-bond donors (Lipinski definition) is 1. The predicted octanol–water partition coefficient (Wildman–Crippen LogP) is 2.48. The van der Waals surface area contributed by atoms with Crippen molar-refractivity contribution in [2.75, 3.05) is 12.4 Å². The van der Waals surface area contributed by atoms with Crippen LogP contribution in [0.2, 0.25) is 0 Å². The molecule has 0 unspecified atom stereocenters. The average Bonchev–Trinajstić information content (AvgIpc) is 2.46. The monoisotopic (exact) mass is 277 g/mol. The number of nitrogens with one attached hydrogen (secondary N) is 1. The van der Waals surface area contributed by atoms with Crippen LogP contribution in [0.3, 0.4) is 0 Å². The SMILES string of the molecule is COc1ccc(CNc2nccnc2C(=O)Cl)cc1. The van der Waals surface area contributed by atoms with Crippen molar-refractivity contribution in [1.82, 2.24) is 9.97 Å². The van der Waals surface area contributed by atoms with Crippen LogP contribution in [-0.2, 0) is 6.54 Å². The van der Waals surface area contributed by atoms with Gasteiger partial charge in [-0.2, -0.15) is 0 Å². The molecule has 19 heavy (non-hydrogen) atoms. The van der Waals surface area contributed by atoms with E-state index in [2.05, 4.69) is 15.3 Å². The minimum atomic E-state index is -0.634. The minimum absolute atomic E-state index is 0.123. The molecule has 1 aromatic heterocycles. The highest BCUT2D eigenvalue weighted by Gasteiger charge is 2.10. The number of carbonyl (C=O) groups is 1. The minimum Gasteiger partial charge on any atom is -0.497 e. The maximum absolute atomic E-state index is 11.2. The summed E-state index contributed by atoms with van der Waals surface area (Å²) in [6, 6.07) is 7.57. The van der Waals surface area contributed by atoms with Crippen LogP contribution in [0.1, 0.15) is 16.1 Å². The highest BCUT2D eigenvalue weighted by atomic mass is 35.5. The van der Waals surface area contributed by atoms with Crippen LogP contribution >= 0.6 is 11.6 Å². The third-order valence-corrected chi connectivity index (χ3v) is 2.68. The largest absolute Gasteiger partial charge is 0.497 e. The molecule has 6 heteroatoms. The molecule has 1 aromatic carbocycles. The van der Waals surface area contributed by atoms with Gasteiger partial charge < -0.3 is 10.1 Å². The van der Waals surface area contributed by atoms with E-state index >= 15 is 0 Å². The fourth-order valence-corrected chi connectivity index (χ4v) is 1.68. The van der Waals surface area contributed by atoms with Gasteiger partial charge in [-0.05, 0) is 29.3 Å². The molecule has 2 aromatic rings. The topological polar surface area (TPSA) is 64.1 Å². The molecule has 1 N–H and O–H groups in total. The second-order valence-electron chi connectivity index (χ2n) is 3.73. The van der Waals surface area contributed by atoms with Crippen molar-refractivity contribution < 1.29 is 9.53 Å². The molecule has 0 amide bonds. The number of hydrogen-bond acceptors (Lipinski definition) is 5. The van der Waals surface area contributed by atoms with Crippen molar-refractivity contribution in [3.05, 3.63) is 47.9 Å². The Kier molecular flexibility index (Phi) is 4.30. The zero-order valence-corrected chi connectivity index (χ0v) is 11.0. The summed E-state index contributed by atoms with van der Waals surface area (Å²) >= 11 is 5.43. The van der Waals surface area contributed by atoms with Crippen LogP contribution < -0.4 is 10.1 Å². The number of ether oxygens (including phenoxy) is 1. The van der Waals surface area contributed by atoms with E-state index in [1.807, 2.05) is 24.3 Å². The van der Waals surface area contributed by atoms with Gasteiger partial charge in [-0.1, -0.05) is 12.1 Å². The summed E-state index contributed by atoms with van der Waals surface area (Å²) in [5.41, 5.74) is 1.15. The van der Waals surface area contributed by atoms with Gasteiger partial charge in [0.25, 0.3) is 5.24 Å². The number of aromatic nitrogens is 2. The van der Waals surface area contributed by atoms with Crippen LogP contribution in [0.5, 0.6) is 5.75 Å². The second kappa shape index (κ2) is 6.15. The first-order valence-corrected chi connectivity index (χ1v) is 5.96. The Hall–Kier alpha value is -2.14. The van der Waals surface area contributed by atoms with Crippen molar-refractivity contribution in [2.45, 2.75) is 6.54 Å². The third-order valence-electron chi connectivity index (χ3n) is 2.50. The van der Waals surface area contributed by atoms with Crippen molar-refractivity contribution in [2.24, 2.45) is 0 Å². The quantitative estimate of drug-likeness (QED) is 0.851. The third kappa shape index (κ3) is 3.42. The highest BCUT2D eigenvalue weighted by molar-refractivity contribution is 6.67. The molecule has 0 bridgehead atoms. The molecule has 0 radical (unpaired) electrons. The van der Waals surface area contributed by atoms with Gasteiger partial charge in [0, 0.05) is 18.9 Å². The lowest BCUT2D eigenvalue weighted by molar-refractivity contribution is 0.107. The van der Waals surface area contributed by atoms with Crippen LogP contribution in [-0.4, -0.2) is 22.3 Å². The lowest BCUT2D eigenvalue weighted by Crippen LogP contribution is -2.07. The second-order valence-corrected chi connectivity index (χ2v) is 4.07. The molecule has 0 saturated carbocycles. The molecule has 0 aliphatic heterocycles. The molecule has 98 valence electrons. The maximum atomic E-state index is 11.2. The standard InChI is InChI=1S/C13H12ClN3O2/c1-19-10-4-2-9(3-5-10)8-17-13-11(12(14)18)15-6-7-16-13/h2-7H,8H2,1H3,(H,16,17). The summed E-state index contributed by atoms with van der Waals surface area (Å²) in [5.74, 6) is 1.16. The van der Waals surface area contributed by atoms with E-state index in [1.165, 1.54) is 12.4 Å². The number of rotatable bonds is 5. The van der Waals surface area contributed by atoms with Crippen molar-refractivity contribution in [3.8, 4) is 5.75 Å². The molecule has 0 aliphatic rings. The van der Waals surface area contributed by atoms with Gasteiger partial charge in [-0.15, -0.1) is 0 Å². The van der Waals surface area contributed by atoms with Crippen LogP contribution in [0.25, 0.3) is 0 Å². The van der Waals surface area contributed by atoms with E-state index in [0.717, 1.165) is 11.3 Å². The fourth-order valence-electron chi connectivity index (χ4n) is 1.54. The number of carbonyl (C=O) groups excluding carboxylic acids is 1. The van der Waals surface area contributed by atoms with E-state index in [9.17, 15) is 4.79 Å². The summed E-state index contributed by atoms with van der Waals surface area (Å²) in [4.78, 5) is 19.1. The Morgan fingerprint density at radius 2 is 1.95 bits per heavy atom. The normalized spacial score (nSPS) is 10.0. The van der Waals surface area contributed by atoms with Crippen LogP contribution in [0, 0.1) is 0 Å². The average molecular weight is 278 g/mol. The first-order chi connectivity index (χ1) is 9.20. The van der Waals surface area contributed by atoms with E-state index in [1.54, 1.807) is 7.11 Å². The van der Waals surface area contributed by atoms with Crippen molar-refractivity contribution in [3.63, 3.8) is 0 Å². The number of nitrogens with zero attached hydrogens (tertiary/aromatic N) is 2. The Bertz CT molecular complexity index is 572. The molecular formula is C13H12ClN3O2. The molecule has 0 fully saturated rings. The van der Waals surface area contributed by atoms with Gasteiger partial charge in [-0.25, -0.2) is 9.97 Å². The number of anilines is 1. The molecule has 2 rings (SSSR count). The molecule has 1 heterocycles. The van der Waals surface area contributed by atoms with E-state index in [-0.39, 0.29) is 5.69 Å². The van der Waals surface area contributed by atoms with E-state index in [4.69, 9.17) is 16.3 Å². The first kappa shape index (κ1) is 13.3. The Balaban J connectivity index is 2.07. The van der Waals surface area contributed by atoms with Gasteiger partial charge in [0.2, 0.25) is 0 Å². The summed E-state index contributed by atoms with van der Waals surface area (Å²) in [5, 5.41) is 2.39. The van der Waals surface area contributed by atoms with Gasteiger partial charge in [0.15, 0.2) is 11.5 Å². The first-order valence-electron chi connectivity index (χ1n) is 5.58. The summed E-state index contributed by atoms with van der Waals surface area (Å²) in [7, 11) is 1.62. The lowest BCUT2D eigenvalue weighted by Gasteiger charge is -2.08. The van der Waals surface area contributed by atoms with Crippen molar-refractivity contribution >= 4 is 22.7 Å². The predicted molar refractivity (Wildman–Crippen MR) is 72.5 cm³/mol. The molecule has 0 aliphatic carbocycles. The Morgan fingerprint density at radius 1 is 1.26 bits per heavy atom. The summed E-state index contributed by atoms with van der Waals surface area (Å²) in [6.45, 7) is 0.514. The van der Waals surface area contributed by atoms with E-state index in [0.29, 0.717) is 12.4 Å². The number of methoxy groups -OCH3 is 1. The van der Waals surface area contributed by atoms with Gasteiger partial charge in [-0.3, -0.25) is 4.79 Å². The fraction of sp³-hybridized carbons (Fsp3) is 0.154. The van der Waals surface area contributed by atoms with E-state index < -0.39 is 5.24 Å². The van der Waals surface area contributed by atoms with Crippen LogP contribution in [0.15, 0.2) is 36.7 Å². The highest BCUT2D eigenvalue weighted by Crippen LogP contribution is 2.15. The number of benzene rings is 1. The van der Waals surface area contributed by atoms with Gasteiger partial charge in [0.05, 0.1) is 7.11 Å². The lowest BCUT2D eigenvalue weighted by atomic mass is 10.2. The molecule has 0 spiro atoms. The molecular weight excluding hydrogens is 266 g/mol. The Labute approximate surface area is 115 Å². The summed E-state index contributed by atoms with van der Waals surface area (Å²) < 4.78 is 5.08. The smallest absolute Gasteiger partial charge is 0.274 e.